The SMILES string of the molecule is COc1ccccc1[C@@H]1Nc2ccc(Cl)cc2[C@]2(C)c3ccccc3C[C@H]12. The topological polar surface area (TPSA) is 21.3 Å². The van der Waals surface area contributed by atoms with E-state index < -0.39 is 0 Å². The Labute approximate surface area is 165 Å². The molecule has 27 heavy (non-hydrogen) atoms. The van der Waals surface area contributed by atoms with Crippen LogP contribution < -0.4 is 10.1 Å². The Bertz CT molecular complexity index is 1030. The van der Waals surface area contributed by atoms with Crippen molar-refractivity contribution in [1.82, 2.24) is 0 Å². The molecule has 1 N–H and O–H groups in total. The largest absolute Gasteiger partial charge is 0.496 e. The van der Waals surface area contributed by atoms with Gasteiger partial charge in [-0.05, 0) is 47.4 Å². The summed E-state index contributed by atoms with van der Waals surface area (Å²) in [7, 11) is 1.75. The molecule has 3 atom stereocenters. The van der Waals surface area contributed by atoms with Gasteiger partial charge in [0.25, 0.3) is 0 Å². The van der Waals surface area contributed by atoms with Crippen molar-refractivity contribution in [3.05, 3.63) is 94.0 Å². The van der Waals surface area contributed by atoms with Crippen molar-refractivity contribution >= 4 is 17.3 Å². The number of para-hydroxylation sites is 1. The Balaban J connectivity index is 1.76. The number of benzene rings is 3. The predicted octanol–water partition coefficient (Wildman–Crippen LogP) is 5.99. The fourth-order valence-electron chi connectivity index (χ4n) is 5.20. The molecule has 0 fully saturated rings. The number of ether oxygens (including phenoxy) is 1. The fourth-order valence-corrected chi connectivity index (χ4v) is 5.37. The molecule has 1 heterocycles. The van der Waals surface area contributed by atoms with Crippen molar-refractivity contribution in [1.29, 1.82) is 0 Å². The molecule has 3 heteroatoms. The van der Waals surface area contributed by atoms with E-state index in [-0.39, 0.29) is 11.5 Å². The summed E-state index contributed by atoms with van der Waals surface area (Å²) in [6.45, 7) is 2.38. The summed E-state index contributed by atoms with van der Waals surface area (Å²) in [5, 5.41) is 4.60. The van der Waals surface area contributed by atoms with Gasteiger partial charge in [0.05, 0.1) is 13.2 Å². The third kappa shape index (κ3) is 2.33. The van der Waals surface area contributed by atoms with E-state index in [0.717, 1.165) is 22.9 Å². The molecule has 0 amide bonds. The van der Waals surface area contributed by atoms with E-state index >= 15 is 0 Å². The molecule has 1 aliphatic heterocycles. The molecule has 2 nitrogen and oxygen atoms in total. The van der Waals surface area contributed by atoms with E-state index in [2.05, 4.69) is 60.8 Å². The minimum atomic E-state index is -0.0897. The lowest BCUT2D eigenvalue weighted by atomic mass is 9.64. The zero-order valence-electron chi connectivity index (χ0n) is 15.5. The summed E-state index contributed by atoms with van der Waals surface area (Å²) in [4.78, 5) is 0. The number of hydrogen-bond acceptors (Lipinski definition) is 2. The van der Waals surface area contributed by atoms with Crippen molar-refractivity contribution in [2.45, 2.75) is 24.8 Å². The second-order valence-corrected chi connectivity index (χ2v) is 8.16. The first-order chi connectivity index (χ1) is 13.1. The maximum absolute atomic E-state index is 6.41. The molecule has 0 bridgehead atoms. The van der Waals surface area contributed by atoms with Gasteiger partial charge in [0, 0.05) is 27.6 Å². The third-order valence-corrected chi connectivity index (χ3v) is 6.72. The molecular formula is C24H22ClNO. The van der Waals surface area contributed by atoms with Gasteiger partial charge >= 0.3 is 0 Å². The Hall–Kier alpha value is -2.45. The first-order valence-corrected chi connectivity index (χ1v) is 9.78. The first-order valence-electron chi connectivity index (χ1n) is 9.41. The van der Waals surface area contributed by atoms with Crippen LogP contribution in [0.2, 0.25) is 5.02 Å². The van der Waals surface area contributed by atoms with Gasteiger partial charge in [0.15, 0.2) is 0 Å². The van der Waals surface area contributed by atoms with E-state index in [1.54, 1.807) is 7.11 Å². The van der Waals surface area contributed by atoms with Crippen molar-refractivity contribution in [2.24, 2.45) is 5.92 Å². The van der Waals surface area contributed by atoms with E-state index in [4.69, 9.17) is 16.3 Å². The van der Waals surface area contributed by atoms with Crippen LogP contribution in [-0.2, 0) is 11.8 Å². The summed E-state index contributed by atoms with van der Waals surface area (Å²) >= 11 is 6.41. The molecule has 0 saturated carbocycles. The summed E-state index contributed by atoms with van der Waals surface area (Å²) in [6, 6.07) is 23.6. The lowest BCUT2D eigenvalue weighted by molar-refractivity contribution is 0.311. The van der Waals surface area contributed by atoms with E-state index in [1.165, 1.54) is 22.3 Å². The minimum absolute atomic E-state index is 0.0897. The Kier molecular flexibility index (Phi) is 3.73. The van der Waals surface area contributed by atoms with E-state index in [9.17, 15) is 0 Å². The highest BCUT2D eigenvalue weighted by Gasteiger charge is 2.52. The molecule has 0 spiro atoms. The van der Waals surface area contributed by atoms with Crippen molar-refractivity contribution in [2.75, 3.05) is 12.4 Å². The van der Waals surface area contributed by atoms with Gasteiger partial charge in [-0.15, -0.1) is 0 Å². The molecule has 3 aromatic rings. The molecule has 3 aromatic carbocycles. The minimum Gasteiger partial charge on any atom is -0.496 e. The van der Waals surface area contributed by atoms with Gasteiger partial charge in [-0.1, -0.05) is 61.0 Å². The number of nitrogens with one attached hydrogen (secondary N) is 1. The van der Waals surface area contributed by atoms with Gasteiger partial charge in [-0.2, -0.15) is 0 Å². The lowest BCUT2D eigenvalue weighted by Crippen LogP contribution is -2.41. The summed E-state index contributed by atoms with van der Waals surface area (Å²) in [6.07, 6.45) is 1.04. The highest BCUT2D eigenvalue weighted by Crippen LogP contribution is 2.58. The van der Waals surface area contributed by atoms with Crippen LogP contribution in [0, 0.1) is 5.92 Å². The monoisotopic (exact) mass is 375 g/mol. The average molecular weight is 376 g/mol. The molecule has 2 aliphatic rings. The van der Waals surface area contributed by atoms with E-state index in [0.29, 0.717) is 5.92 Å². The number of methoxy groups -OCH3 is 1. The normalized spacial score (nSPS) is 25.1. The first kappa shape index (κ1) is 16.7. The second-order valence-electron chi connectivity index (χ2n) is 7.72. The van der Waals surface area contributed by atoms with Crippen LogP contribution >= 0.6 is 11.6 Å². The smallest absolute Gasteiger partial charge is 0.124 e. The zero-order valence-corrected chi connectivity index (χ0v) is 16.3. The Morgan fingerprint density at radius 3 is 2.63 bits per heavy atom. The number of hydrogen-bond donors (Lipinski definition) is 1. The summed E-state index contributed by atoms with van der Waals surface area (Å²) in [5.41, 5.74) is 6.42. The maximum atomic E-state index is 6.41. The van der Waals surface area contributed by atoms with E-state index in [1.807, 2.05) is 18.2 Å². The molecule has 0 unspecified atom stereocenters. The fraction of sp³-hybridized carbons (Fsp3) is 0.250. The van der Waals surface area contributed by atoms with Gasteiger partial charge in [0.1, 0.15) is 5.75 Å². The average Bonchev–Trinajstić information content (AvgIpc) is 3.01. The van der Waals surface area contributed by atoms with Crippen LogP contribution in [0.3, 0.4) is 0 Å². The van der Waals surface area contributed by atoms with Crippen LogP contribution in [-0.4, -0.2) is 7.11 Å². The molecule has 136 valence electrons. The number of fused-ring (bicyclic) bond motifs is 5. The molecule has 0 saturated heterocycles. The van der Waals surface area contributed by atoms with Crippen LogP contribution in [0.15, 0.2) is 66.7 Å². The van der Waals surface area contributed by atoms with Crippen molar-refractivity contribution in [3.63, 3.8) is 0 Å². The van der Waals surface area contributed by atoms with Crippen LogP contribution in [0.4, 0.5) is 5.69 Å². The zero-order chi connectivity index (χ0) is 18.6. The molecule has 5 rings (SSSR count). The quantitative estimate of drug-likeness (QED) is 0.593. The van der Waals surface area contributed by atoms with Gasteiger partial charge in [0.2, 0.25) is 0 Å². The maximum Gasteiger partial charge on any atom is 0.124 e. The van der Waals surface area contributed by atoms with Crippen molar-refractivity contribution < 1.29 is 4.74 Å². The predicted molar refractivity (Wildman–Crippen MR) is 111 cm³/mol. The molecular weight excluding hydrogens is 354 g/mol. The van der Waals surface area contributed by atoms with Gasteiger partial charge < -0.3 is 10.1 Å². The molecule has 1 aliphatic carbocycles. The summed E-state index contributed by atoms with van der Waals surface area (Å²) < 4.78 is 5.70. The lowest BCUT2D eigenvalue weighted by Gasteiger charge is -2.45. The summed E-state index contributed by atoms with van der Waals surface area (Å²) in [5.74, 6) is 1.32. The highest BCUT2D eigenvalue weighted by molar-refractivity contribution is 6.30. The standard InChI is InChI=1S/C24H22ClNO/c1-24-18-9-5-3-7-15(18)13-20(24)23(17-8-4-6-10-22(17)27-2)26-21-12-11-16(25)14-19(21)24/h3-12,14,20,23,26H,13H2,1-2H3/t20-,23+,24+/m1/s1. The van der Waals surface area contributed by atoms with Crippen LogP contribution in [0.5, 0.6) is 5.75 Å². The Morgan fingerprint density at radius 2 is 1.78 bits per heavy atom. The van der Waals surface area contributed by atoms with Gasteiger partial charge in [-0.3, -0.25) is 0 Å². The Morgan fingerprint density at radius 1 is 1.00 bits per heavy atom. The number of halogens is 1. The molecule has 0 radical (unpaired) electrons. The van der Waals surface area contributed by atoms with Gasteiger partial charge in [-0.25, -0.2) is 0 Å². The van der Waals surface area contributed by atoms with Crippen molar-refractivity contribution in [3.8, 4) is 5.75 Å². The number of rotatable bonds is 2. The third-order valence-electron chi connectivity index (χ3n) is 6.49. The molecule has 0 aromatic heterocycles. The highest BCUT2D eigenvalue weighted by atomic mass is 35.5. The van der Waals surface area contributed by atoms with Crippen LogP contribution in [0.25, 0.3) is 0 Å². The number of anilines is 1. The second kappa shape index (κ2) is 6.03. The van der Waals surface area contributed by atoms with Crippen LogP contribution in [0.1, 0.15) is 35.2 Å².